The molecule has 0 saturated heterocycles. The van der Waals surface area contributed by atoms with Gasteiger partial charge in [0.15, 0.2) is 0 Å². The van der Waals surface area contributed by atoms with Crippen LogP contribution < -0.4 is 10.4 Å². The van der Waals surface area contributed by atoms with Crippen molar-refractivity contribution < 1.29 is 8.85 Å². The Morgan fingerprint density at radius 1 is 0.762 bits per heavy atom. The molecule has 0 unspecified atom stereocenters. The van der Waals surface area contributed by atoms with Crippen LogP contribution in [0, 0.1) is 14.3 Å². The molecule has 0 amide bonds. The van der Waals surface area contributed by atoms with Gasteiger partial charge in [-0.1, -0.05) is 12.1 Å². The van der Waals surface area contributed by atoms with E-state index in [9.17, 15) is 0 Å². The predicted molar refractivity (Wildman–Crippen MR) is 123 cm³/mol. The molecule has 0 heterocycles. The highest BCUT2D eigenvalue weighted by atomic mass is 127. The van der Waals surface area contributed by atoms with Gasteiger partial charge in [-0.05, 0) is 120 Å². The number of rotatable bonds is 4. The molecule has 2 nitrogen and oxygen atoms in total. The molecule has 0 bridgehead atoms. The van der Waals surface area contributed by atoms with E-state index in [4.69, 9.17) is 8.85 Å². The van der Waals surface area contributed by atoms with Crippen LogP contribution in [0.5, 0.6) is 0 Å². The normalized spacial score (nSPS) is 11.7. The molecule has 0 spiro atoms. The Morgan fingerprint density at radius 3 is 1.81 bits per heavy atom. The largest absolute Gasteiger partial charge is 0.407 e. The van der Waals surface area contributed by atoms with Crippen molar-refractivity contribution in [1.29, 1.82) is 0 Å². The number of halogens is 4. The van der Waals surface area contributed by atoms with Crippen LogP contribution in [0.25, 0.3) is 0 Å². The second-order valence-electron chi connectivity index (χ2n) is 4.28. The average molecular weight is 748 g/mol. The number of hydrogen-bond donors (Lipinski definition) is 0. The molecule has 0 saturated carbocycles. The third-order valence-electron chi connectivity index (χ3n) is 3.16. The van der Waals surface area contributed by atoms with E-state index in [1.807, 2.05) is 0 Å². The first-order valence-corrected chi connectivity index (χ1v) is 12.1. The van der Waals surface area contributed by atoms with Crippen LogP contribution in [-0.4, -0.2) is 22.8 Å². The summed E-state index contributed by atoms with van der Waals surface area (Å²) >= 11 is 9.40. The summed E-state index contributed by atoms with van der Waals surface area (Å²) in [5.74, 6) is 0. The minimum atomic E-state index is -2.64. The lowest BCUT2D eigenvalue weighted by molar-refractivity contribution is 0.272. The quantitative estimate of drug-likeness (QED) is 0.268. The molecule has 7 heteroatoms. The Bertz CT molecular complexity index is 642. The van der Waals surface area contributed by atoms with E-state index in [0.29, 0.717) is 0 Å². The molecule has 0 aliphatic rings. The van der Waals surface area contributed by atoms with Crippen molar-refractivity contribution in [2.45, 2.75) is 0 Å². The number of hydrogen-bond acceptors (Lipinski definition) is 2. The van der Waals surface area contributed by atoms with Crippen LogP contribution in [0.3, 0.4) is 0 Å². The highest BCUT2D eigenvalue weighted by Crippen LogP contribution is 2.20. The van der Waals surface area contributed by atoms with Gasteiger partial charge in [-0.15, -0.1) is 0 Å². The minimum absolute atomic E-state index is 1.13. The second kappa shape index (κ2) is 8.05. The van der Waals surface area contributed by atoms with Gasteiger partial charge in [0.2, 0.25) is 0 Å². The SMILES string of the molecule is CO[Si](OC)(c1ccc(I)cc1)c1cc(I)c(I)cc1I. The maximum Gasteiger partial charge on any atom is 0.407 e. The summed E-state index contributed by atoms with van der Waals surface area (Å²) in [4.78, 5) is 0. The Labute approximate surface area is 180 Å². The van der Waals surface area contributed by atoms with Crippen LogP contribution in [0.1, 0.15) is 0 Å². The Kier molecular flexibility index (Phi) is 7.22. The van der Waals surface area contributed by atoms with Crippen LogP contribution in [0.4, 0.5) is 0 Å². The summed E-state index contributed by atoms with van der Waals surface area (Å²) in [6.45, 7) is 0. The van der Waals surface area contributed by atoms with Gasteiger partial charge in [-0.3, -0.25) is 0 Å². The van der Waals surface area contributed by atoms with Crippen LogP contribution in [0.15, 0.2) is 36.4 Å². The van der Waals surface area contributed by atoms with E-state index in [-0.39, 0.29) is 0 Å². The summed E-state index contributed by atoms with van der Waals surface area (Å²) in [6.07, 6.45) is 0. The molecule has 112 valence electrons. The average Bonchev–Trinajstić information content (AvgIpc) is 2.47. The summed E-state index contributed by atoms with van der Waals surface area (Å²) < 4.78 is 16.8. The first kappa shape index (κ1) is 18.8. The van der Waals surface area contributed by atoms with Gasteiger partial charge in [-0.25, -0.2) is 0 Å². The van der Waals surface area contributed by atoms with E-state index in [0.717, 1.165) is 5.19 Å². The van der Waals surface area contributed by atoms with Crippen molar-refractivity contribution in [1.82, 2.24) is 0 Å². The van der Waals surface area contributed by atoms with Gasteiger partial charge in [0.25, 0.3) is 0 Å². The fourth-order valence-corrected chi connectivity index (χ4v) is 8.57. The van der Waals surface area contributed by atoms with Gasteiger partial charge in [-0.2, -0.15) is 0 Å². The van der Waals surface area contributed by atoms with Gasteiger partial charge < -0.3 is 8.85 Å². The van der Waals surface area contributed by atoms with E-state index >= 15 is 0 Å². The third kappa shape index (κ3) is 3.95. The van der Waals surface area contributed by atoms with Crippen molar-refractivity contribution in [3.05, 3.63) is 50.7 Å². The topological polar surface area (TPSA) is 18.5 Å². The molecular formula is C14H12I4O2Si. The predicted octanol–water partition coefficient (Wildman–Crippen LogP) is 3.95. The van der Waals surface area contributed by atoms with Crippen molar-refractivity contribution >= 4 is 109 Å². The standard InChI is InChI=1S/C14H12I4O2Si/c1-19-21(20-2,10-5-3-9(15)4-6-10)14-8-12(17)11(16)7-13(14)18/h3-8H,1-2H3. The molecule has 0 aliphatic heterocycles. The lowest BCUT2D eigenvalue weighted by Crippen LogP contribution is -2.63. The maximum absolute atomic E-state index is 5.98. The van der Waals surface area contributed by atoms with Crippen molar-refractivity contribution in [2.75, 3.05) is 14.2 Å². The monoisotopic (exact) mass is 748 g/mol. The van der Waals surface area contributed by atoms with E-state index < -0.39 is 8.56 Å². The lowest BCUT2D eigenvalue weighted by Gasteiger charge is -2.29. The Hall–Kier alpha value is 1.50. The molecule has 2 rings (SSSR count). The molecule has 2 aromatic rings. The zero-order valence-corrected chi connectivity index (χ0v) is 20.9. The molecule has 21 heavy (non-hydrogen) atoms. The third-order valence-corrected chi connectivity index (χ3v) is 11.5. The molecule has 0 radical (unpaired) electrons. The van der Waals surface area contributed by atoms with E-state index in [2.05, 4.69) is 127 Å². The van der Waals surface area contributed by atoms with Crippen LogP contribution >= 0.6 is 90.4 Å². The molecular weight excluding hydrogens is 736 g/mol. The first-order chi connectivity index (χ1) is 9.94. The smallest absolute Gasteiger partial charge is 0.391 e. The Balaban J connectivity index is 2.67. The van der Waals surface area contributed by atoms with Gasteiger partial charge in [0, 0.05) is 33.7 Å². The number of benzene rings is 2. The summed E-state index contributed by atoms with van der Waals surface area (Å²) in [5, 5.41) is 2.29. The zero-order chi connectivity index (χ0) is 15.6. The second-order valence-corrected chi connectivity index (χ2v) is 12.2. The molecule has 0 fully saturated rings. The minimum Gasteiger partial charge on any atom is -0.391 e. The lowest BCUT2D eigenvalue weighted by atomic mass is 10.4. The molecule has 0 atom stereocenters. The highest BCUT2D eigenvalue weighted by Gasteiger charge is 2.42. The van der Waals surface area contributed by atoms with Gasteiger partial charge >= 0.3 is 8.56 Å². The fourth-order valence-electron chi connectivity index (χ4n) is 2.14. The van der Waals surface area contributed by atoms with Gasteiger partial charge in [0.05, 0.1) is 0 Å². The Morgan fingerprint density at radius 2 is 1.29 bits per heavy atom. The molecule has 0 aliphatic carbocycles. The van der Waals surface area contributed by atoms with Crippen molar-refractivity contribution in [3.8, 4) is 0 Å². The van der Waals surface area contributed by atoms with Crippen LogP contribution in [0.2, 0.25) is 0 Å². The fraction of sp³-hybridized carbons (Fsp3) is 0.143. The van der Waals surface area contributed by atoms with Crippen LogP contribution in [-0.2, 0) is 8.85 Å². The van der Waals surface area contributed by atoms with Crippen molar-refractivity contribution in [2.24, 2.45) is 0 Å². The molecule has 2 aromatic carbocycles. The van der Waals surface area contributed by atoms with E-state index in [1.165, 1.54) is 19.5 Å². The first-order valence-electron chi connectivity index (χ1n) is 5.96. The maximum atomic E-state index is 5.98. The molecule has 0 N–H and O–H groups in total. The summed E-state index contributed by atoms with van der Waals surface area (Å²) in [7, 11) is 0.853. The summed E-state index contributed by atoms with van der Waals surface area (Å²) in [5.41, 5.74) is 0. The highest BCUT2D eigenvalue weighted by molar-refractivity contribution is 14.1. The van der Waals surface area contributed by atoms with Crippen molar-refractivity contribution in [3.63, 3.8) is 0 Å². The molecule has 0 aromatic heterocycles. The summed E-state index contributed by atoms with van der Waals surface area (Å²) in [6, 6.07) is 12.8. The zero-order valence-electron chi connectivity index (χ0n) is 11.3. The van der Waals surface area contributed by atoms with E-state index in [1.54, 1.807) is 14.2 Å². The van der Waals surface area contributed by atoms with Gasteiger partial charge in [0.1, 0.15) is 0 Å².